The van der Waals surface area contributed by atoms with Crippen molar-refractivity contribution < 1.29 is 18.0 Å². The molecule has 0 bridgehead atoms. The summed E-state index contributed by atoms with van der Waals surface area (Å²) in [6, 6.07) is 7.66. The van der Waals surface area contributed by atoms with Crippen LogP contribution < -0.4 is 5.32 Å². The van der Waals surface area contributed by atoms with Crippen LogP contribution in [-0.4, -0.2) is 69.1 Å². The molecule has 1 atom stereocenters. The standard InChI is InChI=1S/C29H28F3N7O/c1-18-25-11-20(14-34-27(25)37-36-18)5-4-19-10-22(15-33-13-19)28(40)35-23-7-6-21(26(12-23)29(30,31)32)16-39-9-8-24(17-39)38(2)3/h6-7,10-15,24H,8-9,16-17H2,1-3H3,(H,35,40)(H,34,36,37). The molecule has 1 aliphatic rings. The number of alkyl halides is 3. The summed E-state index contributed by atoms with van der Waals surface area (Å²) in [6.07, 6.45) is 0.813. The van der Waals surface area contributed by atoms with Gasteiger partial charge in [0, 0.05) is 72.2 Å². The third-order valence-electron chi connectivity index (χ3n) is 7.00. The van der Waals surface area contributed by atoms with E-state index in [1.54, 1.807) is 6.20 Å². The first-order valence-corrected chi connectivity index (χ1v) is 12.7. The molecule has 1 amide bonds. The number of hydrogen-bond acceptors (Lipinski definition) is 6. The van der Waals surface area contributed by atoms with Crippen molar-refractivity contribution in [2.45, 2.75) is 32.1 Å². The lowest BCUT2D eigenvalue weighted by Gasteiger charge is -2.22. The van der Waals surface area contributed by atoms with Crippen LogP contribution in [0.3, 0.4) is 0 Å². The van der Waals surface area contributed by atoms with E-state index >= 15 is 0 Å². The molecule has 0 spiro atoms. The van der Waals surface area contributed by atoms with Gasteiger partial charge in [-0.1, -0.05) is 17.9 Å². The normalized spacial score (nSPS) is 15.8. The first-order valence-electron chi connectivity index (χ1n) is 12.7. The fourth-order valence-corrected chi connectivity index (χ4v) is 4.74. The molecule has 1 unspecified atom stereocenters. The number of carbonyl (C=O) groups excluding carboxylic acids is 1. The molecule has 8 nitrogen and oxygen atoms in total. The van der Waals surface area contributed by atoms with E-state index in [9.17, 15) is 18.0 Å². The summed E-state index contributed by atoms with van der Waals surface area (Å²) >= 11 is 0. The molecule has 3 aromatic heterocycles. The number of likely N-dealkylation sites (N-methyl/N-ethyl adjacent to an activating group) is 1. The van der Waals surface area contributed by atoms with Crippen LogP contribution in [0.5, 0.6) is 0 Å². The molecule has 4 aromatic rings. The van der Waals surface area contributed by atoms with Crippen molar-refractivity contribution in [2.24, 2.45) is 0 Å². The van der Waals surface area contributed by atoms with Gasteiger partial charge in [-0.3, -0.25) is 19.8 Å². The molecule has 4 heterocycles. The second kappa shape index (κ2) is 11.1. The van der Waals surface area contributed by atoms with Crippen molar-refractivity contribution in [2.75, 3.05) is 32.5 Å². The van der Waals surface area contributed by atoms with Crippen molar-refractivity contribution in [3.05, 3.63) is 82.4 Å². The van der Waals surface area contributed by atoms with Crippen LogP contribution in [0.15, 0.2) is 48.9 Å². The van der Waals surface area contributed by atoms with Gasteiger partial charge in [0.05, 0.1) is 11.1 Å². The number of rotatable bonds is 5. The van der Waals surface area contributed by atoms with Gasteiger partial charge in [-0.2, -0.15) is 18.3 Å². The number of pyridine rings is 2. The molecule has 0 saturated carbocycles. The highest BCUT2D eigenvalue weighted by Crippen LogP contribution is 2.35. The minimum Gasteiger partial charge on any atom is -0.322 e. The Hall–Kier alpha value is -4.27. The summed E-state index contributed by atoms with van der Waals surface area (Å²) < 4.78 is 41.9. The number of H-pyrrole nitrogens is 1. The van der Waals surface area contributed by atoms with E-state index in [2.05, 4.69) is 42.2 Å². The highest BCUT2D eigenvalue weighted by atomic mass is 19.4. The first kappa shape index (κ1) is 27.3. The average molecular weight is 548 g/mol. The molecule has 2 N–H and O–H groups in total. The third kappa shape index (κ3) is 6.14. The van der Waals surface area contributed by atoms with E-state index in [4.69, 9.17) is 0 Å². The van der Waals surface area contributed by atoms with Gasteiger partial charge in [-0.15, -0.1) is 0 Å². The zero-order chi connectivity index (χ0) is 28.4. The van der Waals surface area contributed by atoms with Crippen LogP contribution in [0.4, 0.5) is 18.9 Å². The topological polar surface area (TPSA) is 90.0 Å². The molecule has 11 heteroatoms. The summed E-state index contributed by atoms with van der Waals surface area (Å²) in [7, 11) is 3.95. The number of benzene rings is 1. The molecule has 40 heavy (non-hydrogen) atoms. The fourth-order valence-electron chi connectivity index (χ4n) is 4.74. The van der Waals surface area contributed by atoms with E-state index in [1.807, 2.05) is 32.0 Å². The molecule has 1 aromatic carbocycles. The average Bonchev–Trinajstić information content (AvgIpc) is 3.54. The van der Waals surface area contributed by atoms with Crippen molar-refractivity contribution in [3.63, 3.8) is 0 Å². The molecular formula is C29H28F3N7O. The van der Waals surface area contributed by atoms with Gasteiger partial charge in [0.15, 0.2) is 5.65 Å². The number of halogens is 3. The molecule has 1 saturated heterocycles. The fraction of sp³-hybridized carbons (Fsp3) is 0.310. The lowest BCUT2D eigenvalue weighted by Crippen LogP contribution is -2.31. The monoisotopic (exact) mass is 547 g/mol. The van der Waals surface area contributed by atoms with Crippen LogP contribution in [-0.2, 0) is 12.7 Å². The molecule has 1 fully saturated rings. The van der Waals surface area contributed by atoms with Crippen molar-refractivity contribution in [1.29, 1.82) is 0 Å². The maximum Gasteiger partial charge on any atom is 0.416 e. The number of amides is 1. The Balaban J connectivity index is 1.31. The van der Waals surface area contributed by atoms with Crippen LogP contribution in [0.2, 0.25) is 0 Å². The number of aromatic nitrogens is 4. The first-order chi connectivity index (χ1) is 19.1. The van der Waals surface area contributed by atoms with Gasteiger partial charge < -0.3 is 10.2 Å². The molecule has 0 aliphatic carbocycles. The quantitative estimate of drug-likeness (QED) is 0.359. The smallest absolute Gasteiger partial charge is 0.322 e. The zero-order valence-corrected chi connectivity index (χ0v) is 22.3. The summed E-state index contributed by atoms with van der Waals surface area (Å²) in [5.74, 6) is 5.37. The number of nitrogens with one attached hydrogen (secondary N) is 2. The van der Waals surface area contributed by atoms with Crippen molar-refractivity contribution in [3.8, 4) is 11.8 Å². The molecular weight excluding hydrogens is 519 g/mol. The number of aryl methyl sites for hydroxylation is 1. The van der Waals surface area contributed by atoms with Gasteiger partial charge in [0.2, 0.25) is 0 Å². The van der Waals surface area contributed by atoms with E-state index in [0.717, 1.165) is 30.1 Å². The van der Waals surface area contributed by atoms with Crippen LogP contribution >= 0.6 is 0 Å². The minimum absolute atomic E-state index is 0.0556. The summed E-state index contributed by atoms with van der Waals surface area (Å²) in [5, 5.41) is 10.4. The number of aromatic amines is 1. The van der Waals surface area contributed by atoms with Crippen molar-refractivity contribution in [1.82, 2.24) is 30.0 Å². The largest absolute Gasteiger partial charge is 0.416 e. The molecule has 1 aliphatic heterocycles. The maximum atomic E-state index is 14.0. The van der Waals surface area contributed by atoms with Gasteiger partial charge in [0.25, 0.3) is 5.91 Å². The van der Waals surface area contributed by atoms with E-state index in [1.165, 1.54) is 30.6 Å². The highest BCUT2D eigenvalue weighted by molar-refractivity contribution is 6.04. The van der Waals surface area contributed by atoms with Crippen LogP contribution in [0.25, 0.3) is 11.0 Å². The Kier molecular flexibility index (Phi) is 7.56. The highest BCUT2D eigenvalue weighted by Gasteiger charge is 2.35. The zero-order valence-electron chi connectivity index (χ0n) is 22.3. The van der Waals surface area contributed by atoms with E-state index in [-0.39, 0.29) is 23.4 Å². The van der Waals surface area contributed by atoms with E-state index < -0.39 is 17.6 Å². The molecule has 5 rings (SSSR count). The Labute approximate surface area is 229 Å². The Morgan fingerprint density at radius 1 is 1.15 bits per heavy atom. The Bertz CT molecular complexity index is 1620. The lowest BCUT2D eigenvalue weighted by molar-refractivity contribution is -0.138. The Morgan fingerprint density at radius 2 is 1.93 bits per heavy atom. The van der Waals surface area contributed by atoms with Crippen LogP contribution in [0, 0.1) is 18.8 Å². The number of hydrogen-bond donors (Lipinski definition) is 2. The number of carbonyl (C=O) groups is 1. The summed E-state index contributed by atoms with van der Waals surface area (Å²) in [5.41, 5.74) is 2.27. The predicted octanol–water partition coefficient (Wildman–Crippen LogP) is 4.47. The van der Waals surface area contributed by atoms with Gasteiger partial charge >= 0.3 is 6.18 Å². The maximum absolute atomic E-state index is 14.0. The van der Waals surface area contributed by atoms with Gasteiger partial charge in [-0.25, -0.2) is 4.98 Å². The molecule has 206 valence electrons. The number of nitrogens with zero attached hydrogens (tertiary/aromatic N) is 5. The minimum atomic E-state index is -4.55. The number of anilines is 1. The Morgan fingerprint density at radius 3 is 2.65 bits per heavy atom. The summed E-state index contributed by atoms with van der Waals surface area (Å²) in [6.45, 7) is 3.53. The second-order valence-corrected chi connectivity index (χ2v) is 10.1. The summed E-state index contributed by atoms with van der Waals surface area (Å²) in [4.78, 5) is 25.4. The van der Waals surface area contributed by atoms with E-state index in [0.29, 0.717) is 29.4 Å². The predicted molar refractivity (Wildman–Crippen MR) is 146 cm³/mol. The van der Waals surface area contributed by atoms with Gasteiger partial charge in [0.1, 0.15) is 0 Å². The second-order valence-electron chi connectivity index (χ2n) is 10.1. The number of likely N-dealkylation sites (tertiary alicyclic amines) is 1. The van der Waals surface area contributed by atoms with Crippen molar-refractivity contribution >= 4 is 22.6 Å². The third-order valence-corrected chi connectivity index (χ3v) is 7.00. The SMILES string of the molecule is Cc1[nH]nc2ncc(C#Cc3cncc(C(=O)Nc4ccc(CN5CCC(N(C)C)C5)c(C(F)(F)F)c4)c3)cc12. The number of fused-ring (bicyclic) bond motifs is 1. The lowest BCUT2D eigenvalue weighted by atomic mass is 10.0. The molecule has 0 radical (unpaired) electrons. The van der Waals surface area contributed by atoms with Crippen LogP contribution in [0.1, 0.15) is 44.7 Å². The van der Waals surface area contributed by atoms with Gasteiger partial charge in [-0.05, 0) is 57.3 Å².